The van der Waals surface area contributed by atoms with Crippen LogP contribution in [-0.4, -0.2) is 35.4 Å². The molecule has 0 saturated carbocycles. The summed E-state index contributed by atoms with van der Waals surface area (Å²) in [6.07, 6.45) is 0. The fraction of sp³-hybridized carbons (Fsp3) is 0.529. The molecular weight excluding hydrogens is 312 g/mol. The van der Waals surface area contributed by atoms with Gasteiger partial charge in [-0.15, -0.1) is 0 Å². The molecule has 0 aromatic heterocycles. The molecule has 1 aromatic rings. The number of hydrogen-bond acceptors (Lipinski definition) is 5. The minimum absolute atomic E-state index is 0.178. The van der Waals surface area contributed by atoms with Crippen molar-refractivity contribution in [3.63, 3.8) is 0 Å². The fourth-order valence-corrected chi connectivity index (χ4v) is 2.55. The molecular formula is C17H21BFNO4. The number of rotatable bonds is 2. The molecule has 0 amide bonds. The summed E-state index contributed by atoms with van der Waals surface area (Å²) < 4.78 is 26.1. The monoisotopic (exact) mass is 333 g/mol. The zero-order valence-corrected chi connectivity index (χ0v) is 14.8. The quantitative estimate of drug-likeness (QED) is 0.779. The fourth-order valence-electron chi connectivity index (χ4n) is 2.55. The van der Waals surface area contributed by atoms with E-state index in [1.165, 1.54) is 12.1 Å². The number of nitrogens with zero attached hydrogens (tertiary/aromatic N) is 1. The van der Waals surface area contributed by atoms with E-state index in [9.17, 15) is 9.18 Å². The van der Waals surface area contributed by atoms with Crippen LogP contribution in [0.5, 0.6) is 0 Å². The van der Waals surface area contributed by atoms with Gasteiger partial charge in [0, 0.05) is 11.0 Å². The van der Waals surface area contributed by atoms with Crippen LogP contribution >= 0.6 is 0 Å². The van der Waals surface area contributed by atoms with Crippen molar-refractivity contribution in [1.82, 2.24) is 0 Å². The van der Waals surface area contributed by atoms with Crippen molar-refractivity contribution >= 4 is 24.1 Å². The number of ketones is 1. The second kappa shape index (κ2) is 5.13. The average Bonchev–Trinajstić information content (AvgIpc) is 2.84. The molecule has 0 aliphatic carbocycles. The Kier molecular flexibility index (Phi) is 3.66. The normalized spacial score (nSPS) is 24.0. The van der Waals surface area contributed by atoms with E-state index in [0.717, 1.165) is 0 Å². The first kappa shape index (κ1) is 17.1. The summed E-state index contributed by atoms with van der Waals surface area (Å²) in [5.74, 6) is -0.697. The zero-order valence-electron chi connectivity index (χ0n) is 14.8. The highest BCUT2D eigenvalue weighted by atomic mass is 19.1. The summed E-state index contributed by atoms with van der Waals surface area (Å²) in [6, 6.07) is 4.33. The van der Waals surface area contributed by atoms with E-state index >= 15 is 0 Å². The number of oxime groups is 1. The van der Waals surface area contributed by atoms with Gasteiger partial charge < -0.3 is 14.1 Å². The summed E-state index contributed by atoms with van der Waals surface area (Å²) in [6.45, 7) is 10.9. The molecule has 2 aliphatic heterocycles. The highest BCUT2D eigenvalue weighted by Crippen LogP contribution is 2.36. The molecule has 2 aliphatic rings. The molecule has 7 heteroatoms. The van der Waals surface area contributed by atoms with Crippen molar-refractivity contribution in [3.05, 3.63) is 29.6 Å². The lowest BCUT2D eigenvalue weighted by atomic mass is 9.77. The molecule has 0 unspecified atom stereocenters. The van der Waals surface area contributed by atoms with Crippen molar-refractivity contribution < 1.29 is 23.3 Å². The van der Waals surface area contributed by atoms with E-state index in [1.807, 2.05) is 27.7 Å². The summed E-state index contributed by atoms with van der Waals surface area (Å²) in [4.78, 5) is 17.5. The molecule has 5 nitrogen and oxygen atoms in total. The Labute approximate surface area is 141 Å². The molecule has 1 fully saturated rings. The molecule has 24 heavy (non-hydrogen) atoms. The molecule has 0 radical (unpaired) electrons. The first-order chi connectivity index (χ1) is 10.9. The van der Waals surface area contributed by atoms with Crippen LogP contribution in [0.2, 0.25) is 0 Å². The van der Waals surface area contributed by atoms with Crippen LogP contribution in [0.4, 0.5) is 4.39 Å². The van der Waals surface area contributed by atoms with Crippen LogP contribution in [0.1, 0.15) is 47.1 Å². The third kappa shape index (κ3) is 2.56. The molecule has 1 aromatic carbocycles. The highest BCUT2D eigenvalue weighted by Gasteiger charge is 2.52. The number of Topliss-reactive ketones (excluding diaryl/α,β-unsaturated/α-hetero) is 1. The minimum atomic E-state index is -1.01. The van der Waals surface area contributed by atoms with E-state index in [0.29, 0.717) is 5.56 Å². The third-order valence-electron chi connectivity index (χ3n) is 4.90. The van der Waals surface area contributed by atoms with Crippen LogP contribution in [0.3, 0.4) is 0 Å². The molecule has 0 atom stereocenters. The van der Waals surface area contributed by atoms with E-state index in [1.54, 1.807) is 19.9 Å². The van der Waals surface area contributed by atoms with Crippen LogP contribution in [0, 0.1) is 5.82 Å². The van der Waals surface area contributed by atoms with Crippen molar-refractivity contribution in [2.75, 3.05) is 0 Å². The van der Waals surface area contributed by atoms with Crippen LogP contribution < -0.4 is 5.46 Å². The lowest BCUT2D eigenvalue weighted by Crippen LogP contribution is -2.41. The van der Waals surface area contributed by atoms with Crippen molar-refractivity contribution in [3.8, 4) is 0 Å². The Morgan fingerprint density at radius 1 is 1.04 bits per heavy atom. The van der Waals surface area contributed by atoms with Gasteiger partial charge in [0.2, 0.25) is 5.78 Å². The number of hydrogen-bond donors (Lipinski definition) is 0. The molecule has 3 rings (SSSR count). The van der Waals surface area contributed by atoms with E-state index < -0.39 is 29.7 Å². The average molecular weight is 333 g/mol. The lowest BCUT2D eigenvalue weighted by molar-refractivity contribution is -0.128. The molecule has 128 valence electrons. The van der Waals surface area contributed by atoms with E-state index in [2.05, 4.69) is 5.16 Å². The molecule has 0 spiro atoms. The summed E-state index contributed by atoms with van der Waals surface area (Å²) in [7, 11) is -0.846. The maximum Gasteiger partial charge on any atom is 0.497 e. The van der Waals surface area contributed by atoms with Gasteiger partial charge in [-0.1, -0.05) is 5.16 Å². The molecule has 1 saturated heterocycles. The first-order valence-electron chi connectivity index (χ1n) is 7.91. The summed E-state index contributed by atoms with van der Waals surface area (Å²) in [5.41, 5.74) is -1.26. The van der Waals surface area contributed by atoms with E-state index in [4.69, 9.17) is 14.1 Å². The van der Waals surface area contributed by atoms with Gasteiger partial charge in [-0.25, -0.2) is 4.39 Å². The first-order valence-corrected chi connectivity index (χ1v) is 7.91. The van der Waals surface area contributed by atoms with Crippen LogP contribution in [-0.2, 0) is 18.9 Å². The topological polar surface area (TPSA) is 57.1 Å². The van der Waals surface area contributed by atoms with Gasteiger partial charge in [-0.05, 0) is 59.7 Å². The summed E-state index contributed by atoms with van der Waals surface area (Å²) >= 11 is 0. The minimum Gasteiger partial charge on any atom is -0.399 e. The smallest absolute Gasteiger partial charge is 0.399 e. The SMILES string of the molecule is CC1(C)ON=C(c2ccc(F)c(B3OC(C)(C)C(C)(C)O3)c2)C1=O. The van der Waals surface area contributed by atoms with Gasteiger partial charge in [0.05, 0.1) is 11.2 Å². The van der Waals surface area contributed by atoms with Gasteiger partial charge in [0.25, 0.3) is 0 Å². The zero-order chi connectivity index (χ0) is 17.9. The highest BCUT2D eigenvalue weighted by molar-refractivity contribution is 6.62. The second-order valence-electron chi connectivity index (χ2n) is 7.70. The van der Waals surface area contributed by atoms with Gasteiger partial charge in [0.15, 0.2) is 11.3 Å². The molecule has 2 heterocycles. The van der Waals surface area contributed by atoms with Crippen molar-refractivity contribution in [1.29, 1.82) is 0 Å². The Bertz CT molecular complexity index is 726. The Hall–Kier alpha value is -1.73. The number of halogens is 1. The summed E-state index contributed by atoms with van der Waals surface area (Å²) in [5, 5.41) is 3.86. The lowest BCUT2D eigenvalue weighted by Gasteiger charge is -2.32. The third-order valence-corrected chi connectivity index (χ3v) is 4.90. The maximum absolute atomic E-state index is 14.3. The number of carbonyl (C=O) groups is 1. The van der Waals surface area contributed by atoms with Crippen LogP contribution in [0.25, 0.3) is 0 Å². The van der Waals surface area contributed by atoms with Gasteiger partial charge in [0.1, 0.15) is 5.82 Å². The number of carbonyl (C=O) groups excluding carboxylic acids is 1. The maximum atomic E-state index is 14.3. The van der Waals surface area contributed by atoms with Crippen LogP contribution in [0.15, 0.2) is 23.4 Å². The van der Waals surface area contributed by atoms with Gasteiger partial charge in [-0.2, -0.15) is 0 Å². The molecule has 0 N–H and O–H groups in total. The van der Waals surface area contributed by atoms with Gasteiger partial charge >= 0.3 is 7.12 Å². The van der Waals surface area contributed by atoms with E-state index in [-0.39, 0.29) is 17.0 Å². The Morgan fingerprint density at radius 3 is 2.12 bits per heavy atom. The second-order valence-corrected chi connectivity index (χ2v) is 7.70. The Morgan fingerprint density at radius 2 is 1.62 bits per heavy atom. The van der Waals surface area contributed by atoms with Crippen molar-refractivity contribution in [2.45, 2.75) is 58.3 Å². The van der Waals surface area contributed by atoms with Crippen molar-refractivity contribution in [2.24, 2.45) is 5.16 Å². The number of benzene rings is 1. The molecule has 0 bridgehead atoms. The predicted molar refractivity (Wildman–Crippen MR) is 88.8 cm³/mol. The Balaban J connectivity index is 1.96. The largest absolute Gasteiger partial charge is 0.497 e. The predicted octanol–water partition coefficient (Wildman–Crippen LogP) is 2.21. The van der Waals surface area contributed by atoms with Gasteiger partial charge in [-0.3, -0.25) is 4.79 Å². The standard InChI is InChI=1S/C17H21BFNO4/c1-15(2)14(21)13(20-24-15)10-7-8-12(19)11(9-10)18-22-16(3,4)17(5,6)23-18/h7-9H,1-6H3.